The molecular formula is C14H28ClN3O2. The van der Waals surface area contributed by atoms with Crippen molar-refractivity contribution >= 4 is 18.3 Å². The third kappa shape index (κ3) is 10.2. The van der Waals surface area contributed by atoms with Gasteiger partial charge in [0.1, 0.15) is 0 Å². The lowest BCUT2D eigenvalue weighted by molar-refractivity contribution is -0.121. The van der Waals surface area contributed by atoms with Crippen LogP contribution in [0.25, 0.3) is 0 Å². The molecule has 1 heterocycles. The molecular weight excluding hydrogens is 278 g/mol. The van der Waals surface area contributed by atoms with Crippen molar-refractivity contribution in [2.75, 3.05) is 52.5 Å². The first-order chi connectivity index (χ1) is 9.33. The highest BCUT2D eigenvalue weighted by atomic mass is 35.5. The summed E-state index contributed by atoms with van der Waals surface area (Å²) in [6.45, 7) is 11.0. The van der Waals surface area contributed by atoms with E-state index in [1.54, 1.807) is 6.08 Å². The van der Waals surface area contributed by atoms with Gasteiger partial charge in [0.25, 0.3) is 0 Å². The molecule has 0 radical (unpaired) electrons. The van der Waals surface area contributed by atoms with E-state index in [1.807, 2.05) is 0 Å². The van der Waals surface area contributed by atoms with Crippen molar-refractivity contribution in [3.8, 4) is 0 Å². The quantitative estimate of drug-likeness (QED) is 0.463. The van der Waals surface area contributed by atoms with Crippen molar-refractivity contribution in [3.05, 3.63) is 12.7 Å². The fraction of sp³-hybridized carbons (Fsp3) is 0.786. The molecule has 0 aromatic rings. The van der Waals surface area contributed by atoms with E-state index in [0.717, 1.165) is 52.1 Å². The van der Waals surface area contributed by atoms with Gasteiger partial charge in [-0.1, -0.05) is 6.08 Å². The van der Waals surface area contributed by atoms with E-state index >= 15 is 0 Å². The molecule has 1 rings (SSSR count). The summed E-state index contributed by atoms with van der Waals surface area (Å²) >= 11 is 0. The first-order valence-electron chi connectivity index (χ1n) is 7.21. The molecule has 20 heavy (non-hydrogen) atoms. The molecule has 0 aromatic heterocycles. The highest BCUT2D eigenvalue weighted by molar-refractivity contribution is 5.85. The Morgan fingerprint density at radius 3 is 2.80 bits per heavy atom. The number of carbonyl (C=O) groups is 1. The van der Waals surface area contributed by atoms with Crippen molar-refractivity contribution in [2.45, 2.75) is 19.3 Å². The molecule has 1 amide bonds. The minimum Gasteiger partial charge on any atom is -0.377 e. The topological polar surface area (TPSA) is 53.6 Å². The first-order valence-corrected chi connectivity index (χ1v) is 7.21. The predicted octanol–water partition coefficient (Wildman–Crippen LogP) is 0.803. The van der Waals surface area contributed by atoms with Crippen LogP contribution in [0.1, 0.15) is 19.3 Å². The molecule has 0 saturated carbocycles. The minimum absolute atomic E-state index is 0. The summed E-state index contributed by atoms with van der Waals surface area (Å²) < 4.78 is 5.23. The maximum Gasteiger partial charge on any atom is 0.220 e. The Bertz CT molecular complexity index is 259. The summed E-state index contributed by atoms with van der Waals surface area (Å²) in [6.07, 6.45) is 4.07. The zero-order valence-electron chi connectivity index (χ0n) is 12.2. The largest absolute Gasteiger partial charge is 0.377 e. The van der Waals surface area contributed by atoms with Gasteiger partial charge in [-0.2, -0.15) is 0 Å². The van der Waals surface area contributed by atoms with Crippen LogP contribution in [-0.2, 0) is 9.53 Å². The molecule has 118 valence electrons. The predicted molar refractivity (Wildman–Crippen MR) is 84.4 cm³/mol. The van der Waals surface area contributed by atoms with Crippen LogP contribution in [0.3, 0.4) is 0 Å². The standard InChI is InChI=1S/C14H27N3O2.ClH/c1-2-12-19-13-3-5-14(18)16-6-4-9-17-10-7-15-8-11-17;/h2,15H,1,3-13H2,(H,16,18);1H. The van der Waals surface area contributed by atoms with Crippen LogP contribution in [0.15, 0.2) is 12.7 Å². The lowest BCUT2D eigenvalue weighted by atomic mass is 10.3. The Morgan fingerprint density at radius 2 is 2.10 bits per heavy atom. The smallest absolute Gasteiger partial charge is 0.220 e. The third-order valence-electron chi connectivity index (χ3n) is 3.11. The molecule has 0 spiro atoms. The molecule has 6 heteroatoms. The average Bonchev–Trinajstić information content (AvgIpc) is 2.44. The van der Waals surface area contributed by atoms with Crippen LogP contribution in [-0.4, -0.2) is 63.3 Å². The zero-order valence-corrected chi connectivity index (χ0v) is 13.1. The van der Waals surface area contributed by atoms with Gasteiger partial charge in [-0.15, -0.1) is 19.0 Å². The van der Waals surface area contributed by atoms with Crippen LogP contribution in [0, 0.1) is 0 Å². The summed E-state index contributed by atoms with van der Waals surface area (Å²) in [4.78, 5) is 14.0. The Hall–Kier alpha value is -0.620. The highest BCUT2D eigenvalue weighted by Gasteiger charge is 2.08. The van der Waals surface area contributed by atoms with Gasteiger partial charge < -0.3 is 20.3 Å². The molecule has 0 aliphatic carbocycles. The molecule has 0 bridgehead atoms. The van der Waals surface area contributed by atoms with Gasteiger partial charge in [0.15, 0.2) is 0 Å². The second-order valence-electron chi connectivity index (χ2n) is 4.76. The number of hydrogen-bond donors (Lipinski definition) is 2. The van der Waals surface area contributed by atoms with Crippen molar-refractivity contribution in [1.29, 1.82) is 0 Å². The molecule has 5 nitrogen and oxygen atoms in total. The van der Waals surface area contributed by atoms with Gasteiger partial charge in [-0.25, -0.2) is 0 Å². The summed E-state index contributed by atoms with van der Waals surface area (Å²) in [5, 5.41) is 6.29. The number of ether oxygens (including phenoxy) is 1. The Labute approximate surface area is 128 Å². The third-order valence-corrected chi connectivity index (χ3v) is 3.11. The monoisotopic (exact) mass is 305 g/mol. The first kappa shape index (κ1) is 19.4. The summed E-state index contributed by atoms with van der Waals surface area (Å²) in [6, 6.07) is 0. The van der Waals surface area contributed by atoms with Gasteiger partial charge in [0.05, 0.1) is 6.61 Å². The maximum absolute atomic E-state index is 11.5. The van der Waals surface area contributed by atoms with Crippen molar-refractivity contribution in [2.24, 2.45) is 0 Å². The number of halogens is 1. The molecule has 2 N–H and O–H groups in total. The second-order valence-corrected chi connectivity index (χ2v) is 4.76. The Kier molecular flexibility index (Phi) is 13.0. The molecule has 1 saturated heterocycles. The Morgan fingerprint density at radius 1 is 1.35 bits per heavy atom. The maximum atomic E-state index is 11.5. The second kappa shape index (κ2) is 13.4. The molecule has 0 unspecified atom stereocenters. The fourth-order valence-corrected chi connectivity index (χ4v) is 2.06. The number of nitrogens with one attached hydrogen (secondary N) is 2. The lowest BCUT2D eigenvalue weighted by Crippen LogP contribution is -2.44. The average molecular weight is 306 g/mol. The number of piperazine rings is 1. The van der Waals surface area contributed by atoms with E-state index < -0.39 is 0 Å². The highest BCUT2D eigenvalue weighted by Crippen LogP contribution is 1.94. The van der Waals surface area contributed by atoms with E-state index in [2.05, 4.69) is 22.1 Å². The SMILES string of the molecule is C=CCOCCCC(=O)NCCCN1CCNCC1.Cl. The zero-order chi connectivity index (χ0) is 13.8. The van der Waals surface area contributed by atoms with Gasteiger partial charge in [0.2, 0.25) is 5.91 Å². The van der Waals surface area contributed by atoms with Gasteiger partial charge in [-0.05, 0) is 19.4 Å². The van der Waals surface area contributed by atoms with E-state index in [4.69, 9.17) is 4.74 Å². The number of hydrogen-bond acceptors (Lipinski definition) is 4. The molecule has 1 fully saturated rings. The van der Waals surface area contributed by atoms with Gasteiger partial charge in [0, 0.05) is 45.8 Å². The summed E-state index contributed by atoms with van der Waals surface area (Å²) in [7, 11) is 0. The summed E-state index contributed by atoms with van der Waals surface area (Å²) in [5.41, 5.74) is 0. The lowest BCUT2D eigenvalue weighted by Gasteiger charge is -2.27. The minimum atomic E-state index is 0. The number of amides is 1. The number of nitrogens with zero attached hydrogens (tertiary/aromatic N) is 1. The van der Waals surface area contributed by atoms with Crippen LogP contribution in [0.5, 0.6) is 0 Å². The van der Waals surface area contributed by atoms with E-state index in [9.17, 15) is 4.79 Å². The molecule has 0 atom stereocenters. The van der Waals surface area contributed by atoms with Gasteiger partial charge in [-0.3, -0.25) is 4.79 Å². The number of rotatable bonds is 10. The van der Waals surface area contributed by atoms with Crippen LogP contribution in [0.4, 0.5) is 0 Å². The van der Waals surface area contributed by atoms with Crippen molar-refractivity contribution in [1.82, 2.24) is 15.5 Å². The van der Waals surface area contributed by atoms with E-state index in [-0.39, 0.29) is 18.3 Å². The Balaban J connectivity index is 0.00000361. The molecule has 1 aliphatic heterocycles. The van der Waals surface area contributed by atoms with Crippen LogP contribution in [0.2, 0.25) is 0 Å². The van der Waals surface area contributed by atoms with Crippen LogP contribution >= 0.6 is 12.4 Å². The fourth-order valence-electron chi connectivity index (χ4n) is 2.06. The normalized spacial score (nSPS) is 15.4. The van der Waals surface area contributed by atoms with E-state index in [1.165, 1.54) is 0 Å². The number of carbonyl (C=O) groups excluding carboxylic acids is 1. The summed E-state index contributed by atoms with van der Waals surface area (Å²) in [5.74, 6) is 0.127. The van der Waals surface area contributed by atoms with Gasteiger partial charge >= 0.3 is 0 Å². The van der Waals surface area contributed by atoms with E-state index in [0.29, 0.717) is 19.6 Å². The molecule has 0 aromatic carbocycles. The van der Waals surface area contributed by atoms with Crippen molar-refractivity contribution < 1.29 is 9.53 Å². The van der Waals surface area contributed by atoms with Crippen LogP contribution < -0.4 is 10.6 Å². The van der Waals surface area contributed by atoms with Crippen molar-refractivity contribution in [3.63, 3.8) is 0 Å². The molecule has 1 aliphatic rings.